The lowest BCUT2D eigenvalue weighted by molar-refractivity contribution is -0.689. The zero-order valence-corrected chi connectivity index (χ0v) is 15.8. The van der Waals surface area contributed by atoms with E-state index in [2.05, 4.69) is 0 Å². The molecule has 8 heteroatoms. The quantitative estimate of drug-likeness (QED) is 0.338. The molecule has 0 aliphatic carbocycles. The second kappa shape index (κ2) is 5.64. The molecule has 0 unspecified atom stereocenters. The number of hydrogen-bond acceptors (Lipinski definition) is 4. The number of ketones is 1. The third-order valence-electron chi connectivity index (χ3n) is 4.36. The van der Waals surface area contributed by atoms with Crippen LogP contribution in [-0.2, 0) is 26.0 Å². The maximum atomic E-state index is 12.8. The van der Waals surface area contributed by atoms with Gasteiger partial charge in [0.05, 0.1) is 5.75 Å². The van der Waals surface area contributed by atoms with Crippen LogP contribution in [0.25, 0.3) is 0 Å². The number of pyridine rings is 1. The molecule has 25 heavy (non-hydrogen) atoms. The third-order valence-corrected chi connectivity index (χ3v) is 7.07. The summed E-state index contributed by atoms with van der Waals surface area (Å²) in [5.74, 6) is -1.46. The maximum Gasteiger partial charge on any atom is 0.259 e. The molecule has 6 nitrogen and oxygen atoms in total. The Labute approximate surface area is 152 Å². The Morgan fingerprint density at radius 3 is 2.48 bits per heavy atom. The van der Waals surface area contributed by atoms with E-state index in [0.29, 0.717) is 12.1 Å². The van der Waals surface area contributed by atoms with Crippen LogP contribution in [0.4, 0.5) is 0 Å². The first-order chi connectivity index (χ1) is 11.5. The Morgan fingerprint density at radius 1 is 1.32 bits per heavy atom. The monoisotopic (exact) mass is 383 g/mol. The predicted octanol–water partition coefficient (Wildman–Crippen LogP) is 1.05. The molecule has 3 rings (SSSR count). The molecule has 2 aliphatic rings. The van der Waals surface area contributed by atoms with E-state index in [4.69, 9.17) is 11.6 Å². The number of aromatic nitrogens is 1. The highest BCUT2D eigenvalue weighted by Crippen LogP contribution is 2.47. The second-order valence-corrected chi connectivity index (χ2v) is 10.2. The van der Waals surface area contributed by atoms with Gasteiger partial charge in [0, 0.05) is 29.3 Å². The SMILES string of the molecule is CC(C)(C)C(=O)[C@]1(Cl)C(=O)N2C=C(C[n+]3ccccc3)CS(=O)(=O)[C@H]21. The topological polar surface area (TPSA) is 75.4 Å². The van der Waals surface area contributed by atoms with Gasteiger partial charge in [-0.1, -0.05) is 38.4 Å². The third kappa shape index (κ3) is 2.79. The van der Waals surface area contributed by atoms with Crippen LogP contribution in [-0.4, -0.2) is 41.0 Å². The molecular formula is C17H20ClN2O4S+. The van der Waals surface area contributed by atoms with Crippen molar-refractivity contribution in [1.82, 2.24) is 4.90 Å². The van der Waals surface area contributed by atoms with Gasteiger partial charge >= 0.3 is 0 Å². The van der Waals surface area contributed by atoms with Crippen LogP contribution in [0.15, 0.2) is 42.4 Å². The number of hydrogen-bond donors (Lipinski definition) is 0. The summed E-state index contributed by atoms with van der Waals surface area (Å²) in [4.78, 5) is 24.2. The number of nitrogens with zero attached hydrogens (tertiary/aromatic N) is 2. The molecule has 2 atom stereocenters. The van der Waals surface area contributed by atoms with Crippen LogP contribution < -0.4 is 4.57 Å². The molecule has 1 fully saturated rings. The largest absolute Gasteiger partial charge is 0.296 e. The lowest BCUT2D eigenvalue weighted by Gasteiger charge is -2.52. The lowest BCUT2D eigenvalue weighted by atomic mass is 9.78. The van der Waals surface area contributed by atoms with Crippen LogP contribution in [0.1, 0.15) is 20.8 Å². The summed E-state index contributed by atoms with van der Waals surface area (Å²) in [5.41, 5.74) is -0.342. The number of fused-ring (bicyclic) bond motifs is 1. The number of rotatable bonds is 3. The smallest absolute Gasteiger partial charge is 0.259 e. The molecule has 2 aliphatic heterocycles. The average molecular weight is 384 g/mol. The second-order valence-electron chi connectivity index (χ2n) is 7.50. The van der Waals surface area contributed by atoms with Gasteiger partial charge in [0.25, 0.3) is 5.91 Å². The number of carbonyl (C=O) groups is 2. The number of β-lactam (4-membered cyclic amide) rings is 1. The molecule has 1 aromatic rings. The number of Topliss-reactive ketones (excluding diaryl/α,β-unsaturated/α-hetero) is 1. The Balaban J connectivity index is 1.95. The maximum absolute atomic E-state index is 12.8. The summed E-state index contributed by atoms with van der Waals surface area (Å²) in [6.07, 6.45) is 5.14. The normalized spacial score (nSPS) is 28.0. The van der Waals surface area contributed by atoms with Crippen LogP contribution in [0.3, 0.4) is 0 Å². The number of amides is 1. The minimum atomic E-state index is -3.77. The van der Waals surface area contributed by atoms with Crippen LogP contribution in [0.5, 0.6) is 0 Å². The number of carbonyl (C=O) groups excluding carboxylic acids is 2. The van der Waals surface area contributed by atoms with Crippen molar-refractivity contribution in [1.29, 1.82) is 0 Å². The van der Waals surface area contributed by atoms with Crippen LogP contribution in [0.2, 0.25) is 0 Å². The van der Waals surface area contributed by atoms with Crippen molar-refractivity contribution in [3.8, 4) is 0 Å². The van der Waals surface area contributed by atoms with Crippen molar-refractivity contribution in [2.75, 3.05) is 5.75 Å². The molecule has 0 aromatic carbocycles. The summed E-state index contributed by atoms with van der Waals surface area (Å²) in [7, 11) is -3.77. The first-order valence-electron chi connectivity index (χ1n) is 7.90. The van der Waals surface area contributed by atoms with Gasteiger partial charge in [-0.25, -0.2) is 13.0 Å². The fourth-order valence-corrected chi connectivity index (χ4v) is 6.20. The van der Waals surface area contributed by atoms with Gasteiger partial charge < -0.3 is 0 Å². The van der Waals surface area contributed by atoms with Gasteiger partial charge in [0.15, 0.2) is 39.9 Å². The van der Waals surface area contributed by atoms with Gasteiger partial charge in [-0.2, -0.15) is 0 Å². The van der Waals surface area contributed by atoms with Crippen molar-refractivity contribution in [3.05, 3.63) is 42.4 Å². The molecule has 0 bridgehead atoms. The first-order valence-corrected chi connectivity index (χ1v) is 9.99. The summed E-state index contributed by atoms with van der Waals surface area (Å²) < 4.78 is 27.3. The Hall–Kier alpha value is -1.73. The zero-order valence-electron chi connectivity index (χ0n) is 14.3. The van der Waals surface area contributed by atoms with Crippen molar-refractivity contribution in [2.24, 2.45) is 5.41 Å². The number of sulfone groups is 1. The molecule has 0 N–H and O–H groups in total. The molecule has 1 aromatic heterocycles. The summed E-state index contributed by atoms with van der Waals surface area (Å²) >= 11 is 6.30. The van der Waals surface area contributed by atoms with Crippen LogP contribution >= 0.6 is 11.6 Å². The van der Waals surface area contributed by atoms with E-state index in [1.54, 1.807) is 20.8 Å². The molecular weight excluding hydrogens is 364 g/mol. The van der Waals surface area contributed by atoms with Crippen LogP contribution in [0, 0.1) is 5.41 Å². The van der Waals surface area contributed by atoms with Gasteiger partial charge in [0.1, 0.15) is 0 Å². The van der Waals surface area contributed by atoms with Crippen molar-refractivity contribution in [3.63, 3.8) is 0 Å². The number of halogens is 1. The highest BCUT2D eigenvalue weighted by Gasteiger charge is 2.71. The van der Waals surface area contributed by atoms with Gasteiger partial charge in [-0.3, -0.25) is 14.5 Å². The van der Waals surface area contributed by atoms with E-state index < -0.39 is 37.2 Å². The van der Waals surface area contributed by atoms with Gasteiger partial charge in [-0.05, 0) is 0 Å². The van der Waals surface area contributed by atoms with Gasteiger partial charge in [-0.15, -0.1) is 0 Å². The molecule has 0 saturated carbocycles. The van der Waals surface area contributed by atoms with Crippen molar-refractivity contribution in [2.45, 2.75) is 37.6 Å². The van der Waals surface area contributed by atoms with Gasteiger partial charge in [0.2, 0.25) is 4.87 Å². The molecule has 134 valence electrons. The lowest BCUT2D eigenvalue weighted by Crippen LogP contribution is -2.77. The Kier molecular flexibility index (Phi) is 4.08. The van der Waals surface area contributed by atoms with Crippen molar-refractivity contribution < 1.29 is 22.6 Å². The summed E-state index contributed by atoms with van der Waals surface area (Å²) in [6.45, 7) is 5.22. The zero-order chi connectivity index (χ0) is 18.6. The predicted molar refractivity (Wildman–Crippen MR) is 92.2 cm³/mol. The van der Waals surface area contributed by atoms with E-state index in [0.717, 1.165) is 4.90 Å². The summed E-state index contributed by atoms with van der Waals surface area (Å²) in [5, 5.41) is -1.33. The Bertz CT molecular complexity index is 874. The molecule has 1 amide bonds. The van der Waals surface area contributed by atoms with Crippen molar-refractivity contribution >= 4 is 33.1 Å². The fourth-order valence-electron chi connectivity index (χ4n) is 3.26. The first kappa shape index (κ1) is 18.1. The molecule has 3 heterocycles. The molecule has 0 radical (unpaired) electrons. The minimum absolute atomic E-state index is 0.227. The van der Waals surface area contributed by atoms with E-state index in [-0.39, 0.29) is 5.75 Å². The minimum Gasteiger partial charge on any atom is -0.296 e. The average Bonchev–Trinajstić information content (AvgIpc) is 2.51. The van der Waals surface area contributed by atoms with E-state index in [1.807, 2.05) is 35.2 Å². The molecule has 0 spiro atoms. The fraction of sp³-hybridized carbons (Fsp3) is 0.471. The standard InChI is InChI=1S/C17H20ClN2O4S/c1-16(2,3)13(21)17(18)14(22)20-10-12(11-25(23,24)15(17)20)9-19-7-5-4-6-8-19/h4-8,10,15H,9,11H2,1-3H3/q+1/t15-,17-/m0/s1. The summed E-state index contributed by atoms with van der Waals surface area (Å²) in [6, 6.07) is 5.53. The van der Waals surface area contributed by atoms with E-state index in [9.17, 15) is 18.0 Å². The highest BCUT2D eigenvalue weighted by atomic mass is 35.5. The number of alkyl halides is 1. The Morgan fingerprint density at radius 2 is 1.92 bits per heavy atom. The molecule has 1 saturated heterocycles. The highest BCUT2D eigenvalue weighted by molar-refractivity contribution is 7.92. The van der Waals surface area contributed by atoms with E-state index in [1.165, 1.54) is 6.20 Å². The van der Waals surface area contributed by atoms with E-state index >= 15 is 0 Å².